The molecule has 0 saturated heterocycles. The number of thiophene rings is 4. The summed E-state index contributed by atoms with van der Waals surface area (Å²) in [5, 5.41) is 8.56. The molecule has 102 heavy (non-hydrogen) atoms. The van der Waals surface area contributed by atoms with Gasteiger partial charge in [-0.3, -0.25) is 0 Å². The number of aryl methyl sites for hydroxylation is 8. The predicted molar refractivity (Wildman–Crippen MR) is 485 cm³/mol. The molecular formula is C85H138N4O2S4Sn7. The van der Waals surface area contributed by atoms with Crippen molar-refractivity contribution in [2.24, 2.45) is 0 Å². The summed E-state index contributed by atoms with van der Waals surface area (Å²) in [5.74, 6) is 3.28. The van der Waals surface area contributed by atoms with Gasteiger partial charge in [0.25, 0.3) is 0 Å². The third-order valence-electron chi connectivity index (χ3n) is 18.1. The van der Waals surface area contributed by atoms with Crippen molar-refractivity contribution in [3.8, 4) is 29.4 Å². The summed E-state index contributed by atoms with van der Waals surface area (Å²) < 4.78 is 28.5. The average molecular weight is 2210 g/mol. The van der Waals surface area contributed by atoms with Crippen molar-refractivity contribution in [2.75, 3.05) is 14.2 Å². The summed E-state index contributed by atoms with van der Waals surface area (Å²) in [6, 6.07) is 31.7. The SMILES string of the molecule is CC#[C][Sn]([CH2]CCC)([CH2]CCC)[CH2]CCC.COCc1cc(C)sc1-c1s[c]([Sn]([CH3])([CH3])[CH3])cc1COC.Cc1cc(C)c(-c2s[c]([Sn]([CH3])([CH3])[CH3])cc2C)s1.Cc1nc(C)[c]([Sn]([CH3])([CH3])[CH3])nc1C.Cc1nn[c]([Sn]([CH3])([CH3])[CH3])c(C)c1C.[CH3][Sn]([CH3])([CH3])/[C](=[C](\c1ccccc1)[Sn]([CH3])([CH3])[CH3])c1ccccc1. The summed E-state index contributed by atoms with van der Waals surface area (Å²) in [7, 11) is 3.54. The fourth-order valence-electron chi connectivity index (χ4n) is 12.6. The molecule has 0 radical (unpaired) electrons. The van der Waals surface area contributed by atoms with Crippen LogP contribution < -0.4 is 13.2 Å². The van der Waals surface area contributed by atoms with Crippen LogP contribution in [0.2, 0.25) is 102 Å². The first-order valence-electron chi connectivity index (χ1n) is 37.6. The van der Waals surface area contributed by atoms with Crippen molar-refractivity contribution in [1.29, 1.82) is 0 Å². The Morgan fingerprint density at radius 1 is 0.402 bits per heavy atom. The van der Waals surface area contributed by atoms with Crippen LogP contribution in [0, 0.1) is 79.1 Å². The van der Waals surface area contributed by atoms with Crippen molar-refractivity contribution in [3.63, 3.8) is 0 Å². The van der Waals surface area contributed by atoms with E-state index in [0.717, 1.165) is 22.8 Å². The first-order valence-corrected chi connectivity index (χ1v) is 108. The molecule has 0 aliphatic rings. The van der Waals surface area contributed by atoms with E-state index in [1.807, 2.05) is 54.8 Å². The molecule has 6 nitrogen and oxygen atoms in total. The molecule has 0 unspecified atom stereocenters. The van der Waals surface area contributed by atoms with E-state index in [0.29, 0.717) is 13.2 Å². The molecule has 8 aromatic rings. The summed E-state index contributed by atoms with van der Waals surface area (Å²) in [6.45, 7) is 31.7. The number of methoxy groups -OCH3 is 2. The Kier molecular flexibility index (Phi) is 42.0. The van der Waals surface area contributed by atoms with Crippen molar-refractivity contribution < 1.29 is 9.47 Å². The monoisotopic (exact) mass is 2210 g/mol. The molecule has 0 amide bonds. The molecule has 0 saturated carbocycles. The van der Waals surface area contributed by atoms with E-state index in [2.05, 4.69) is 291 Å². The van der Waals surface area contributed by atoms with Gasteiger partial charge in [0.2, 0.25) is 0 Å². The average Bonchev–Trinajstić information content (AvgIpc) is 1.79. The molecule has 0 atom stereocenters. The Morgan fingerprint density at radius 3 is 1.17 bits per heavy atom. The number of rotatable bonds is 23. The van der Waals surface area contributed by atoms with Gasteiger partial charge in [-0.25, -0.2) is 0 Å². The van der Waals surface area contributed by atoms with Gasteiger partial charge in [0.05, 0.1) is 0 Å². The molecule has 17 heteroatoms. The van der Waals surface area contributed by atoms with Gasteiger partial charge in [-0.15, -0.1) is 0 Å². The van der Waals surface area contributed by atoms with Crippen molar-refractivity contribution in [3.05, 3.63) is 162 Å². The second kappa shape index (κ2) is 44.5. The minimum absolute atomic E-state index is 0.679. The standard InChI is InChI=1S/C14H10.C13H15O2S2.C11H11S2.2C7H9N2.3C4H9.C3H3.18CH3.7Sn/c1-3-7-13(8-4-1)11-12-14-9-5-2-6-10-14;1-9-6-11(8-15-3)13(17-9)12-10(7-14-2)4-5-16-12;1-7-4-5-12-10(7)11-8(2)6-9(3)13-11;1-5-4-8-6(2)7(3)9-5;1-5-4-8-9-7(3)6(5)2;3*1-3-4-2;1-3-2;;;;;;;;;;;;;;;;;;;;;;;;;/h1-10H;4,6H,7-8H2,1-3H3;4,6H,1-3H3;2*1-3H3;3*1,3-4H2,2H3;1H3;18*1H3;;;;;;;. The molecule has 2 aromatic carbocycles. The van der Waals surface area contributed by atoms with Crippen LogP contribution in [0.3, 0.4) is 0 Å². The fourth-order valence-corrected chi connectivity index (χ4v) is 76.5. The van der Waals surface area contributed by atoms with Gasteiger partial charge < -0.3 is 0 Å². The summed E-state index contributed by atoms with van der Waals surface area (Å²) >= 11 is -6.69. The van der Waals surface area contributed by atoms with Crippen LogP contribution in [0.1, 0.15) is 143 Å². The Labute approximate surface area is 670 Å². The molecule has 6 heterocycles. The van der Waals surface area contributed by atoms with Crippen molar-refractivity contribution >= 4 is 194 Å². The van der Waals surface area contributed by atoms with E-state index in [9.17, 15) is 0 Å². The number of ether oxygens (including phenoxy) is 2. The number of hydrogen-bond donors (Lipinski definition) is 0. The van der Waals surface area contributed by atoms with Gasteiger partial charge in [-0.1, -0.05) is 0 Å². The zero-order valence-electron chi connectivity index (χ0n) is 70.6. The first-order chi connectivity index (χ1) is 47.3. The predicted octanol–water partition coefficient (Wildman–Crippen LogP) is 25.2. The number of hydrogen-bond acceptors (Lipinski definition) is 10. The molecule has 8 rings (SSSR count). The van der Waals surface area contributed by atoms with Crippen LogP contribution in [0.15, 0.2) is 84.9 Å². The van der Waals surface area contributed by atoms with Crippen LogP contribution in [-0.2, 0) is 22.7 Å². The van der Waals surface area contributed by atoms with Crippen LogP contribution >= 0.6 is 45.3 Å². The number of aromatic nitrogens is 4. The van der Waals surface area contributed by atoms with Crippen LogP contribution in [0.5, 0.6) is 0 Å². The normalized spacial score (nSPS) is 12.2. The Bertz CT molecular complexity index is 3870. The molecular weight excluding hydrogens is 2070 g/mol. The summed E-state index contributed by atoms with van der Waals surface area (Å²) in [6.07, 6.45) is 8.33. The zero-order valence-corrected chi connectivity index (χ0v) is 93.8. The van der Waals surface area contributed by atoms with E-state index in [4.69, 9.17) is 9.47 Å². The third kappa shape index (κ3) is 31.1. The molecule has 0 aliphatic carbocycles. The number of unbranched alkanes of at least 4 members (excludes halogenated alkanes) is 3. The van der Waals surface area contributed by atoms with Gasteiger partial charge in [-0.05, 0) is 0 Å². The van der Waals surface area contributed by atoms with Gasteiger partial charge in [0, 0.05) is 0 Å². The molecule has 0 spiro atoms. The zero-order chi connectivity index (χ0) is 77.5. The van der Waals surface area contributed by atoms with E-state index < -0.39 is 129 Å². The second-order valence-electron chi connectivity index (χ2n) is 34.2. The van der Waals surface area contributed by atoms with Gasteiger partial charge in [0.1, 0.15) is 0 Å². The fraction of sp³-hybridized carbons (Fsp3) is 0.529. The molecule has 0 N–H and O–H groups in total. The van der Waals surface area contributed by atoms with Gasteiger partial charge in [0.15, 0.2) is 0 Å². The van der Waals surface area contributed by atoms with Gasteiger partial charge in [-0.2, -0.15) is 0 Å². The van der Waals surface area contributed by atoms with Gasteiger partial charge >= 0.3 is 680 Å². The molecule has 0 bridgehead atoms. The van der Waals surface area contributed by atoms with Crippen LogP contribution in [-0.4, -0.2) is 163 Å². The van der Waals surface area contributed by atoms with E-state index in [-0.39, 0.29) is 0 Å². The van der Waals surface area contributed by atoms with E-state index >= 15 is 0 Å². The molecule has 562 valence electrons. The molecule has 0 fully saturated rings. The summed E-state index contributed by atoms with van der Waals surface area (Å²) in [4.78, 5) is 62.2. The number of benzene rings is 2. The number of nitrogens with zero attached hydrogens (tertiary/aromatic N) is 4. The first kappa shape index (κ1) is 96.4. The maximum atomic E-state index is 5.43. The van der Waals surface area contributed by atoms with Crippen LogP contribution in [0.25, 0.3) is 26.7 Å². The second-order valence-corrected chi connectivity index (χ2v) is 139. The maximum absolute atomic E-state index is 5.43. The minimum atomic E-state index is -2.26. The van der Waals surface area contributed by atoms with E-state index in [1.54, 1.807) is 27.2 Å². The van der Waals surface area contributed by atoms with Crippen molar-refractivity contribution in [1.82, 2.24) is 20.2 Å². The Hall–Kier alpha value is 0.211. The van der Waals surface area contributed by atoms with Crippen LogP contribution in [0.4, 0.5) is 0 Å². The van der Waals surface area contributed by atoms with E-state index in [1.165, 1.54) is 133 Å². The quantitative estimate of drug-likeness (QED) is 0.0361. The van der Waals surface area contributed by atoms with Crippen molar-refractivity contribution in [2.45, 2.75) is 251 Å². The summed E-state index contributed by atoms with van der Waals surface area (Å²) in [5.41, 5.74) is 15.5. The topological polar surface area (TPSA) is 70.0 Å². The Balaban J connectivity index is 0.000000322. The third-order valence-corrected chi connectivity index (χ3v) is 79.9. The molecule has 0 aliphatic heterocycles. The molecule has 6 aromatic heterocycles. The Morgan fingerprint density at radius 2 is 0.784 bits per heavy atom.